The van der Waals surface area contributed by atoms with Gasteiger partial charge in [-0.05, 0) is 18.8 Å². The highest BCUT2D eigenvalue weighted by atomic mass is 16.2. The van der Waals surface area contributed by atoms with Crippen molar-refractivity contribution in [3.05, 3.63) is 0 Å². The molecule has 2 aliphatic rings. The summed E-state index contributed by atoms with van der Waals surface area (Å²) in [6, 6.07) is -1.45. The Morgan fingerprint density at radius 3 is 2.24 bits per heavy atom. The van der Waals surface area contributed by atoms with Crippen LogP contribution in [0.1, 0.15) is 46.0 Å². The van der Waals surface area contributed by atoms with E-state index in [4.69, 9.17) is 0 Å². The van der Waals surface area contributed by atoms with Crippen molar-refractivity contribution in [1.29, 1.82) is 0 Å². The molecule has 1 saturated carbocycles. The molecule has 0 spiro atoms. The number of hydrogen-bond donors (Lipinski definition) is 2. The van der Waals surface area contributed by atoms with Crippen molar-refractivity contribution >= 4 is 29.8 Å². The molecule has 138 valence electrons. The highest BCUT2D eigenvalue weighted by Gasteiger charge is 2.45. The Bertz CT molecular complexity index is 583. The molecule has 0 aromatic carbocycles. The molecule has 25 heavy (non-hydrogen) atoms. The average molecular weight is 352 g/mol. The van der Waals surface area contributed by atoms with Crippen molar-refractivity contribution in [2.45, 2.75) is 52.0 Å². The van der Waals surface area contributed by atoms with E-state index in [2.05, 4.69) is 10.6 Å². The molecule has 1 saturated heterocycles. The van der Waals surface area contributed by atoms with E-state index in [1.54, 1.807) is 13.8 Å². The number of carbonyl (C=O) groups is 5. The Balaban J connectivity index is 1.86. The lowest BCUT2D eigenvalue weighted by atomic mass is 9.96. The summed E-state index contributed by atoms with van der Waals surface area (Å²) in [6.45, 7) is 3.05. The van der Waals surface area contributed by atoms with E-state index in [0.29, 0.717) is 4.90 Å². The Morgan fingerprint density at radius 2 is 1.64 bits per heavy atom. The zero-order chi connectivity index (χ0) is 18.6. The lowest BCUT2D eigenvalue weighted by Crippen LogP contribution is -2.49. The molecule has 0 unspecified atom stereocenters. The molecule has 0 bridgehead atoms. The number of imide groups is 3. The fraction of sp³-hybridized carbons (Fsp3) is 0.688. The molecule has 0 radical (unpaired) electrons. The average Bonchev–Trinajstić information content (AvgIpc) is 2.73. The molecule has 2 fully saturated rings. The topological polar surface area (TPSA) is 116 Å². The Morgan fingerprint density at radius 1 is 1.04 bits per heavy atom. The van der Waals surface area contributed by atoms with Crippen LogP contribution < -0.4 is 10.6 Å². The zero-order valence-corrected chi connectivity index (χ0v) is 14.5. The molecular formula is C16H24N4O5. The van der Waals surface area contributed by atoms with E-state index in [1.165, 1.54) is 0 Å². The summed E-state index contributed by atoms with van der Waals surface area (Å²) in [5, 5.41) is 4.80. The van der Waals surface area contributed by atoms with Crippen LogP contribution in [0.4, 0.5) is 9.59 Å². The van der Waals surface area contributed by atoms with Crippen LogP contribution in [-0.4, -0.2) is 58.7 Å². The largest absolute Gasteiger partial charge is 0.335 e. The van der Waals surface area contributed by atoms with Gasteiger partial charge in [0.05, 0.1) is 0 Å². The van der Waals surface area contributed by atoms with Crippen LogP contribution in [0, 0.1) is 5.92 Å². The summed E-state index contributed by atoms with van der Waals surface area (Å²) in [7, 11) is 0. The molecule has 0 aromatic heterocycles. The van der Waals surface area contributed by atoms with E-state index >= 15 is 0 Å². The van der Waals surface area contributed by atoms with Crippen molar-refractivity contribution in [2.75, 3.05) is 13.1 Å². The summed E-state index contributed by atoms with van der Waals surface area (Å²) >= 11 is 0. The molecule has 9 nitrogen and oxygen atoms in total. The molecule has 2 rings (SSSR count). The second kappa shape index (κ2) is 8.09. The SMILES string of the molecule is CC(C)CN1C(=O)C(=O)N(CC(=O)NC(=O)NC2CCCCC2)C1=O. The monoisotopic (exact) mass is 352 g/mol. The fourth-order valence-electron chi connectivity index (χ4n) is 2.99. The molecule has 7 amide bonds. The Hall–Kier alpha value is -2.45. The van der Waals surface area contributed by atoms with Crippen molar-refractivity contribution in [2.24, 2.45) is 5.92 Å². The van der Waals surface area contributed by atoms with Crippen molar-refractivity contribution in [3.8, 4) is 0 Å². The van der Waals surface area contributed by atoms with E-state index in [1.807, 2.05) is 0 Å². The van der Waals surface area contributed by atoms with Crippen molar-refractivity contribution < 1.29 is 24.0 Å². The second-order valence-corrected chi connectivity index (χ2v) is 6.84. The van der Waals surface area contributed by atoms with Crippen molar-refractivity contribution in [1.82, 2.24) is 20.4 Å². The lowest BCUT2D eigenvalue weighted by Gasteiger charge is -2.22. The molecule has 0 aromatic rings. The Kier molecular flexibility index (Phi) is 6.11. The maximum atomic E-state index is 12.1. The number of nitrogens with one attached hydrogen (secondary N) is 2. The van der Waals surface area contributed by atoms with E-state index in [-0.39, 0.29) is 18.5 Å². The van der Waals surface area contributed by atoms with Crippen LogP contribution in [0.5, 0.6) is 0 Å². The van der Waals surface area contributed by atoms with Gasteiger partial charge in [0, 0.05) is 12.6 Å². The first-order valence-corrected chi connectivity index (χ1v) is 8.57. The van der Waals surface area contributed by atoms with Gasteiger partial charge in [0.15, 0.2) is 0 Å². The maximum absolute atomic E-state index is 12.1. The Labute approximate surface area is 146 Å². The fourth-order valence-corrected chi connectivity index (χ4v) is 2.99. The minimum atomic E-state index is -1.05. The number of hydrogen-bond acceptors (Lipinski definition) is 5. The van der Waals surface area contributed by atoms with Gasteiger partial charge in [-0.1, -0.05) is 33.1 Å². The molecule has 0 atom stereocenters. The molecule has 1 aliphatic heterocycles. The number of amides is 7. The first kappa shape index (κ1) is 18.9. The standard InChI is InChI=1S/C16H24N4O5/c1-10(2)8-19-13(22)14(23)20(16(19)25)9-12(21)18-15(24)17-11-6-4-3-5-7-11/h10-11H,3-9H2,1-2H3,(H2,17,18,21,24). The predicted octanol–water partition coefficient (Wildman–Crippen LogP) is 0.592. The van der Waals surface area contributed by atoms with Gasteiger partial charge in [-0.2, -0.15) is 0 Å². The summed E-state index contributed by atoms with van der Waals surface area (Å²) in [6.07, 6.45) is 4.93. The van der Waals surface area contributed by atoms with Crippen LogP contribution >= 0.6 is 0 Å². The molecule has 2 N–H and O–H groups in total. The highest BCUT2D eigenvalue weighted by molar-refractivity contribution is 6.45. The molecule has 9 heteroatoms. The number of urea groups is 2. The van der Waals surface area contributed by atoms with E-state index in [9.17, 15) is 24.0 Å². The quantitative estimate of drug-likeness (QED) is 0.555. The molecular weight excluding hydrogens is 328 g/mol. The van der Waals surface area contributed by atoms with Crippen LogP contribution in [-0.2, 0) is 14.4 Å². The van der Waals surface area contributed by atoms with Gasteiger partial charge in [-0.25, -0.2) is 14.5 Å². The van der Waals surface area contributed by atoms with Gasteiger partial charge in [-0.3, -0.25) is 24.6 Å². The lowest BCUT2D eigenvalue weighted by molar-refractivity contribution is -0.144. The third-order valence-electron chi connectivity index (χ3n) is 4.18. The summed E-state index contributed by atoms with van der Waals surface area (Å²) in [4.78, 5) is 61.0. The molecule has 1 heterocycles. The number of carbonyl (C=O) groups excluding carboxylic acids is 5. The van der Waals surface area contributed by atoms with Gasteiger partial charge in [0.2, 0.25) is 5.91 Å². The van der Waals surface area contributed by atoms with Crippen LogP contribution in [0.15, 0.2) is 0 Å². The normalized spacial score (nSPS) is 18.9. The van der Waals surface area contributed by atoms with Crippen molar-refractivity contribution in [3.63, 3.8) is 0 Å². The van der Waals surface area contributed by atoms with E-state index < -0.39 is 36.3 Å². The van der Waals surface area contributed by atoms with Gasteiger partial charge in [-0.15, -0.1) is 0 Å². The molecule has 1 aliphatic carbocycles. The zero-order valence-electron chi connectivity index (χ0n) is 14.5. The smallest absolute Gasteiger partial charge is 0.334 e. The number of nitrogens with zero attached hydrogens (tertiary/aromatic N) is 2. The minimum Gasteiger partial charge on any atom is -0.335 e. The van der Waals surface area contributed by atoms with Gasteiger partial charge >= 0.3 is 23.9 Å². The third kappa shape index (κ3) is 4.77. The van der Waals surface area contributed by atoms with Gasteiger partial charge in [0.1, 0.15) is 6.54 Å². The predicted molar refractivity (Wildman–Crippen MR) is 87.2 cm³/mol. The van der Waals surface area contributed by atoms with E-state index in [0.717, 1.165) is 37.0 Å². The highest BCUT2D eigenvalue weighted by Crippen LogP contribution is 2.17. The first-order valence-electron chi connectivity index (χ1n) is 8.57. The summed E-state index contributed by atoms with van der Waals surface area (Å²) in [5.41, 5.74) is 0. The summed E-state index contributed by atoms with van der Waals surface area (Å²) < 4.78 is 0. The first-order chi connectivity index (χ1) is 11.8. The third-order valence-corrected chi connectivity index (χ3v) is 4.18. The van der Waals surface area contributed by atoms with Crippen LogP contribution in [0.3, 0.4) is 0 Å². The second-order valence-electron chi connectivity index (χ2n) is 6.84. The minimum absolute atomic E-state index is 0.00394. The van der Waals surface area contributed by atoms with Gasteiger partial charge in [0.25, 0.3) is 0 Å². The number of rotatable bonds is 5. The van der Waals surface area contributed by atoms with Crippen LogP contribution in [0.25, 0.3) is 0 Å². The summed E-state index contributed by atoms with van der Waals surface area (Å²) in [5.74, 6) is -2.81. The maximum Gasteiger partial charge on any atom is 0.334 e. The van der Waals surface area contributed by atoms with Gasteiger partial charge < -0.3 is 5.32 Å². The van der Waals surface area contributed by atoms with Crippen LogP contribution in [0.2, 0.25) is 0 Å².